The zero-order chi connectivity index (χ0) is 17.0. The highest BCUT2D eigenvalue weighted by Crippen LogP contribution is 2.13. The number of esters is 1. The SMILES string of the molecule is CCCCCCC/C=C/C=C(\C)[C@H](O)CC(=O)OC(C)(C)C. The van der Waals surface area contributed by atoms with Gasteiger partial charge in [-0.15, -0.1) is 0 Å². The normalized spacial score (nSPS) is 14.4. The maximum absolute atomic E-state index is 11.6. The van der Waals surface area contributed by atoms with Crippen LogP contribution in [0.15, 0.2) is 23.8 Å². The summed E-state index contributed by atoms with van der Waals surface area (Å²) in [6.07, 6.45) is 12.7. The van der Waals surface area contributed by atoms with Crippen LogP contribution >= 0.6 is 0 Å². The van der Waals surface area contributed by atoms with Gasteiger partial charge in [0.2, 0.25) is 0 Å². The number of rotatable bonds is 10. The minimum Gasteiger partial charge on any atom is -0.460 e. The third-order valence-electron chi connectivity index (χ3n) is 3.28. The highest BCUT2D eigenvalue weighted by molar-refractivity contribution is 5.71. The zero-order valence-corrected chi connectivity index (χ0v) is 15.0. The Hall–Kier alpha value is -1.09. The fraction of sp³-hybridized carbons (Fsp3) is 0.737. The van der Waals surface area contributed by atoms with Gasteiger partial charge >= 0.3 is 5.97 Å². The van der Waals surface area contributed by atoms with E-state index in [4.69, 9.17) is 4.74 Å². The maximum atomic E-state index is 11.6. The van der Waals surface area contributed by atoms with Crippen LogP contribution in [0.4, 0.5) is 0 Å². The van der Waals surface area contributed by atoms with Crippen LogP contribution in [0.2, 0.25) is 0 Å². The van der Waals surface area contributed by atoms with Crippen LogP contribution in [0.5, 0.6) is 0 Å². The monoisotopic (exact) mass is 310 g/mol. The molecule has 1 N–H and O–H groups in total. The van der Waals surface area contributed by atoms with Gasteiger partial charge in [-0.25, -0.2) is 0 Å². The van der Waals surface area contributed by atoms with E-state index < -0.39 is 11.7 Å². The van der Waals surface area contributed by atoms with Crippen molar-refractivity contribution < 1.29 is 14.6 Å². The van der Waals surface area contributed by atoms with E-state index in [1.165, 1.54) is 32.1 Å². The Morgan fingerprint density at radius 1 is 1.18 bits per heavy atom. The molecule has 0 aliphatic carbocycles. The van der Waals surface area contributed by atoms with E-state index in [-0.39, 0.29) is 12.4 Å². The van der Waals surface area contributed by atoms with Crippen molar-refractivity contribution in [1.29, 1.82) is 0 Å². The number of carbonyl (C=O) groups excluding carboxylic acids is 1. The van der Waals surface area contributed by atoms with Crippen molar-refractivity contribution >= 4 is 5.97 Å². The third kappa shape index (κ3) is 12.6. The summed E-state index contributed by atoms with van der Waals surface area (Å²) >= 11 is 0. The fourth-order valence-electron chi connectivity index (χ4n) is 1.99. The molecule has 0 fully saturated rings. The predicted octanol–water partition coefficient (Wildman–Crippen LogP) is 4.94. The minimum atomic E-state index is -0.774. The number of carbonyl (C=O) groups is 1. The number of aliphatic hydroxyl groups is 1. The molecule has 0 radical (unpaired) electrons. The molecule has 0 aromatic carbocycles. The smallest absolute Gasteiger partial charge is 0.309 e. The largest absolute Gasteiger partial charge is 0.460 e. The summed E-state index contributed by atoms with van der Waals surface area (Å²) in [6, 6.07) is 0. The number of aliphatic hydroxyl groups excluding tert-OH is 1. The topological polar surface area (TPSA) is 46.5 Å². The molecule has 0 aliphatic heterocycles. The summed E-state index contributed by atoms with van der Waals surface area (Å²) in [4.78, 5) is 11.6. The second-order valence-electron chi connectivity index (χ2n) is 6.85. The van der Waals surface area contributed by atoms with Crippen molar-refractivity contribution in [1.82, 2.24) is 0 Å². The first-order valence-corrected chi connectivity index (χ1v) is 8.49. The Kier molecular flexibility index (Phi) is 10.9. The lowest BCUT2D eigenvalue weighted by molar-refractivity contribution is -0.156. The molecule has 0 aliphatic rings. The molecule has 0 saturated carbocycles. The highest BCUT2D eigenvalue weighted by Gasteiger charge is 2.19. The lowest BCUT2D eigenvalue weighted by atomic mass is 10.1. The Morgan fingerprint density at radius 3 is 2.41 bits per heavy atom. The fourth-order valence-corrected chi connectivity index (χ4v) is 1.99. The molecule has 0 amide bonds. The Morgan fingerprint density at radius 2 is 1.82 bits per heavy atom. The van der Waals surface area contributed by atoms with Gasteiger partial charge in [-0.05, 0) is 46.1 Å². The van der Waals surface area contributed by atoms with E-state index in [2.05, 4.69) is 13.0 Å². The first kappa shape index (κ1) is 20.9. The number of hydrogen-bond donors (Lipinski definition) is 1. The van der Waals surface area contributed by atoms with E-state index in [9.17, 15) is 9.90 Å². The number of unbranched alkanes of at least 4 members (excludes halogenated alkanes) is 5. The zero-order valence-electron chi connectivity index (χ0n) is 15.0. The van der Waals surface area contributed by atoms with Gasteiger partial charge in [-0.2, -0.15) is 0 Å². The second kappa shape index (κ2) is 11.5. The molecule has 3 heteroatoms. The second-order valence-corrected chi connectivity index (χ2v) is 6.85. The molecule has 0 aromatic heterocycles. The van der Waals surface area contributed by atoms with Crippen molar-refractivity contribution in [3.63, 3.8) is 0 Å². The number of allylic oxidation sites excluding steroid dienone is 3. The van der Waals surface area contributed by atoms with Gasteiger partial charge < -0.3 is 9.84 Å². The van der Waals surface area contributed by atoms with Gasteiger partial charge in [0.25, 0.3) is 0 Å². The highest BCUT2D eigenvalue weighted by atomic mass is 16.6. The number of hydrogen-bond acceptors (Lipinski definition) is 3. The van der Waals surface area contributed by atoms with Crippen LogP contribution in [-0.4, -0.2) is 22.8 Å². The standard InChI is InChI=1S/C19H34O3/c1-6-7-8-9-10-11-12-13-14-16(2)17(20)15-18(21)22-19(3,4)5/h12-14,17,20H,6-11,15H2,1-5H3/b13-12+,16-14+/t17-/m1/s1. The lowest BCUT2D eigenvalue weighted by Gasteiger charge is -2.20. The van der Waals surface area contributed by atoms with Crippen molar-refractivity contribution in [2.45, 2.75) is 91.3 Å². The Bertz CT molecular complexity index is 361. The van der Waals surface area contributed by atoms with Gasteiger partial charge in [0.1, 0.15) is 5.60 Å². The molecule has 0 rings (SSSR count). The van der Waals surface area contributed by atoms with E-state index in [0.717, 1.165) is 12.0 Å². The molecule has 0 spiro atoms. The third-order valence-corrected chi connectivity index (χ3v) is 3.28. The van der Waals surface area contributed by atoms with Gasteiger partial charge in [0.15, 0.2) is 0 Å². The van der Waals surface area contributed by atoms with Crippen molar-refractivity contribution in [2.75, 3.05) is 0 Å². The molecule has 0 bridgehead atoms. The van der Waals surface area contributed by atoms with E-state index in [0.29, 0.717) is 0 Å². The quantitative estimate of drug-likeness (QED) is 0.353. The first-order chi connectivity index (χ1) is 10.3. The van der Waals surface area contributed by atoms with Crippen LogP contribution in [0.3, 0.4) is 0 Å². The van der Waals surface area contributed by atoms with Crippen molar-refractivity contribution in [3.05, 3.63) is 23.8 Å². The van der Waals surface area contributed by atoms with Gasteiger partial charge in [0.05, 0.1) is 12.5 Å². The van der Waals surface area contributed by atoms with Crippen molar-refractivity contribution in [3.8, 4) is 0 Å². The van der Waals surface area contributed by atoms with Crippen LogP contribution in [-0.2, 0) is 9.53 Å². The minimum absolute atomic E-state index is 0.00443. The summed E-state index contributed by atoms with van der Waals surface area (Å²) in [5.74, 6) is -0.368. The first-order valence-electron chi connectivity index (χ1n) is 8.49. The predicted molar refractivity (Wildman–Crippen MR) is 92.7 cm³/mol. The molecular weight excluding hydrogens is 276 g/mol. The molecule has 22 heavy (non-hydrogen) atoms. The summed E-state index contributed by atoms with van der Waals surface area (Å²) in [7, 11) is 0. The molecular formula is C19H34O3. The maximum Gasteiger partial charge on any atom is 0.309 e. The average Bonchev–Trinajstić information content (AvgIpc) is 2.39. The summed E-state index contributed by atoms with van der Waals surface area (Å²) in [5, 5.41) is 9.98. The van der Waals surface area contributed by atoms with Gasteiger partial charge in [0, 0.05) is 0 Å². The molecule has 0 heterocycles. The lowest BCUT2D eigenvalue weighted by Crippen LogP contribution is -2.26. The van der Waals surface area contributed by atoms with Crippen LogP contribution in [0.1, 0.15) is 79.6 Å². The summed E-state index contributed by atoms with van der Waals surface area (Å²) in [6.45, 7) is 9.52. The molecule has 1 atom stereocenters. The van der Waals surface area contributed by atoms with Crippen LogP contribution in [0, 0.1) is 0 Å². The van der Waals surface area contributed by atoms with Gasteiger partial charge in [-0.1, -0.05) is 50.8 Å². The molecule has 3 nitrogen and oxygen atoms in total. The molecule has 128 valence electrons. The van der Waals surface area contributed by atoms with E-state index in [1.807, 2.05) is 39.8 Å². The van der Waals surface area contributed by atoms with E-state index >= 15 is 0 Å². The molecule has 0 unspecified atom stereocenters. The van der Waals surface area contributed by atoms with E-state index in [1.54, 1.807) is 0 Å². The average molecular weight is 310 g/mol. The summed E-state index contributed by atoms with van der Waals surface area (Å²) < 4.78 is 5.20. The summed E-state index contributed by atoms with van der Waals surface area (Å²) in [5.41, 5.74) is 0.277. The number of ether oxygens (including phenoxy) is 1. The van der Waals surface area contributed by atoms with Crippen molar-refractivity contribution in [2.24, 2.45) is 0 Å². The Balaban J connectivity index is 4.01. The van der Waals surface area contributed by atoms with Crippen LogP contribution < -0.4 is 0 Å². The van der Waals surface area contributed by atoms with Gasteiger partial charge in [-0.3, -0.25) is 4.79 Å². The molecule has 0 saturated heterocycles. The Labute approximate surface area is 136 Å². The molecule has 0 aromatic rings. The van der Waals surface area contributed by atoms with Crippen LogP contribution in [0.25, 0.3) is 0 Å².